The molecular formula is C15H11N5O7. The van der Waals surface area contributed by atoms with E-state index in [0.29, 0.717) is 0 Å². The average molecular weight is 373 g/mol. The van der Waals surface area contributed by atoms with Gasteiger partial charge in [0.15, 0.2) is 0 Å². The Labute approximate surface area is 150 Å². The van der Waals surface area contributed by atoms with E-state index in [1.165, 1.54) is 31.2 Å². The van der Waals surface area contributed by atoms with Gasteiger partial charge in [0.25, 0.3) is 23.0 Å². The highest BCUT2D eigenvalue weighted by Gasteiger charge is 2.40. The fourth-order valence-electron chi connectivity index (χ4n) is 2.82. The van der Waals surface area contributed by atoms with Crippen molar-refractivity contribution < 1.29 is 19.6 Å². The van der Waals surface area contributed by atoms with Crippen LogP contribution in [0.25, 0.3) is 0 Å². The van der Waals surface area contributed by atoms with E-state index in [0.717, 1.165) is 12.1 Å². The number of hydrogen-bond acceptors (Lipinski definition) is 8. The highest BCUT2D eigenvalue weighted by molar-refractivity contribution is 6.05. The number of benzene rings is 2. The molecule has 138 valence electrons. The maximum atomic E-state index is 12.5. The van der Waals surface area contributed by atoms with Crippen LogP contribution in [0, 0.1) is 30.3 Å². The molecule has 0 aromatic heterocycles. The third-order valence-electron chi connectivity index (χ3n) is 4.13. The first kappa shape index (κ1) is 17.7. The van der Waals surface area contributed by atoms with Crippen molar-refractivity contribution in [3.63, 3.8) is 0 Å². The number of nitro groups is 3. The number of nitro benzene ring substituents is 3. The van der Waals surface area contributed by atoms with Crippen molar-refractivity contribution in [2.45, 2.75) is 12.6 Å². The lowest BCUT2D eigenvalue weighted by Gasteiger charge is -2.37. The predicted octanol–water partition coefficient (Wildman–Crippen LogP) is 2.44. The van der Waals surface area contributed by atoms with Gasteiger partial charge in [0.05, 0.1) is 26.4 Å². The van der Waals surface area contributed by atoms with E-state index in [-0.39, 0.29) is 22.5 Å². The molecule has 0 bridgehead atoms. The summed E-state index contributed by atoms with van der Waals surface area (Å²) in [5, 5.41) is 38.7. The van der Waals surface area contributed by atoms with Gasteiger partial charge in [-0.05, 0) is 6.92 Å². The highest BCUT2D eigenvalue weighted by Crippen LogP contribution is 2.40. The lowest BCUT2D eigenvalue weighted by atomic mass is 9.95. The molecule has 12 nitrogen and oxygen atoms in total. The smallest absolute Gasteiger partial charge is 0.300 e. The minimum absolute atomic E-state index is 0.205. The van der Waals surface area contributed by atoms with Crippen LogP contribution in [0.5, 0.6) is 0 Å². The molecule has 12 heteroatoms. The number of carbonyl (C=O) groups is 1. The molecule has 0 spiro atoms. The average Bonchev–Trinajstić information content (AvgIpc) is 2.60. The Morgan fingerprint density at radius 1 is 0.889 bits per heavy atom. The zero-order valence-corrected chi connectivity index (χ0v) is 13.7. The molecule has 1 unspecified atom stereocenters. The van der Waals surface area contributed by atoms with Crippen molar-refractivity contribution in [2.24, 2.45) is 0 Å². The first-order chi connectivity index (χ1) is 12.6. The molecule has 0 saturated carbocycles. The second kappa shape index (κ2) is 6.01. The van der Waals surface area contributed by atoms with Crippen LogP contribution in [0.4, 0.5) is 22.7 Å². The number of nitrogens with one attached hydrogen (secondary N) is 2. The number of anilines is 1. The largest absolute Gasteiger partial charge is 0.353 e. The maximum absolute atomic E-state index is 12.5. The van der Waals surface area contributed by atoms with Gasteiger partial charge in [-0.3, -0.25) is 35.1 Å². The molecule has 0 fully saturated rings. The summed E-state index contributed by atoms with van der Waals surface area (Å²) in [5.74, 6) is -0.787. The summed E-state index contributed by atoms with van der Waals surface area (Å²) in [6.45, 7) is 1.47. The van der Waals surface area contributed by atoms with E-state index >= 15 is 0 Å². The number of non-ortho nitro benzene ring substituents is 2. The molecule has 2 N–H and O–H groups in total. The fraction of sp³-hybridized carbons (Fsp3) is 0.133. The minimum atomic E-state index is -1.41. The normalized spacial score (nSPS) is 18.0. The third-order valence-corrected chi connectivity index (χ3v) is 4.13. The lowest BCUT2D eigenvalue weighted by Crippen LogP contribution is -2.53. The van der Waals surface area contributed by atoms with Crippen LogP contribution >= 0.6 is 0 Å². The zero-order valence-electron chi connectivity index (χ0n) is 13.7. The van der Waals surface area contributed by atoms with Gasteiger partial charge in [0.2, 0.25) is 0 Å². The highest BCUT2D eigenvalue weighted by atomic mass is 16.6. The van der Waals surface area contributed by atoms with E-state index in [9.17, 15) is 35.1 Å². The standard InChI is InChI=1S/C15H11N5O7/c1-15(8-3-2-4-9(5-8)18(22)23)16-13-11(14(21)17-15)6-10(19(24)25)7-12(13)20(26)27/h2-7,16H,1H3,(H,17,21). The van der Waals surface area contributed by atoms with Crippen LogP contribution < -0.4 is 10.6 Å². The van der Waals surface area contributed by atoms with Gasteiger partial charge in [-0.25, -0.2) is 0 Å². The summed E-state index contributed by atoms with van der Waals surface area (Å²) < 4.78 is 0. The first-order valence-corrected chi connectivity index (χ1v) is 7.45. The van der Waals surface area contributed by atoms with Crippen LogP contribution in [0.2, 0.25) is 0 Å². The monoisotopic (exact) mass is 373 g/mol. The van der Waals surface area contributed by atoms with E-state index < -0.39 is 37.7 Å². The SMILES string of the molecule is CC1(c2cccc([N+](=O)[O-])c2)NC(=O)c2cc([N+](=O)[O-])cc([N+](=O)[O-])c2N1. The van der Waals surface area contributed by atoms with Crippen molar-refractivity contribution in [3.8, 4) is 0 Å². The number of carbonyl (C=O) groups excluding carboxylic acids is 1. The van der Waals surface area contributed by atoms with E-state index in [2.05, 4.69) is 10.6 Å². The molecular weight excluding hydrogens is 362 g/mol. The molecule has 0 aliphatic carbocycles. The maximum Gasteiger partial charge on any atom is 0.300 e. The zero-order chi connectivity index (χ0) is 19.9. The Hall–Kier alpha value is -4.09. The summed E-state index contributed by atoms with van der Waals surface area (Å²) in [5.41, 5.74) is -3.07. The Morgan fingerprint density at radius 2 is 1.56 bits per heavy atom. The topological polar surface area (TPSA) is 171 Å². The molecule has 1 amide bonds. The Bertz CT molecular complexity index is 1000. The molecule has 1 aliphatic rings. The minimum Gasteiger partial charge on any atom is -0.353 e. The van der Waals surface area contributed by atoms with E-state index in [1.54, 1.807) is 0 Å². The number of nitrogens with zero attached hydrogens (tertiary/aromatic N) is 3. The molecule has 1 aliphatic heterocycles. The number of hydrogen-bond donors (Lipinski definition) is 2. The van der Waals surface area contributed by atoms with Crippen LogP contribution in [-0.2, 0) is 5.66 Å². The van der Waals surface area contributed by atoms with Gasteiger partial charge < -0.3 is 10.6 Å². The summed E-state index contributed by atoms with van der Waals surface area (Å²) in [6.07, 6.45) is 0. The van der Waals surface area contributed by atoms with Crippen molar-refractivity contribution in [3.05, 3.63) is 77.9 Å². The van der Waals surface area contributed by atoms with Crippen molar-refractivity contribution in [1.82, 2.24) is 5.32 Å². The lowest BCUT2D eigenvalue weighted by molar-refractivity contribution is -0.393. The van der Waals surface area contributed by atoms with Gasteiger partial charge in [-0.15, -0.1) is 0 Å². The van der Waals surface area contributed by atoms with Gasteiger partial charge in [0.1, 0.15) is 11.4 Å². The van der Waals surface area contributed by atoms with Crippen LogP contribution in [-0.4, -0.2) is 20.7 Å². The summed E-state index contributed by atoms with van der Waals surface area (Å²) in [6, 6.07) is 7.07. The van der Waals surface area contributed by atoms with Gasteiger partial charge in [0, 0.05) is 23.8 Å². The van der Waals surface area contributed by atoms with Gasteiger partial charge >= 0.3 is 0 Å². The summed E-state index contributed by atoms with van der Waals surface area (Å²) >= 11 is 0. The summed E-state index contributed by atoms with van der Waals surface area (Å²) in [7, 11) is 0. The van der Waals surface area contributed by atoms with Crippen LogP contribution in [0.3, 0.4) is 0 Å². The molecule has 2 aromatic rings. The fourth-order valence-corrected chi connectivity index (χ4v) is 2.82. The Morgan fingerprint density at radius 3 is 2.15 bits per heavy atom. The van der Waals surface area contributed by atoms with Crippen molar-refractivity contribution in [2.75, 3.05) is 5.32 Å². The molecule has 0 radical (unpaired) electrons. The molecule has 2 aromatic carbocycles. The van der Waals surface area contributed by atoms with E-state index in [1.807, 2.05) is 0 Å². The first-order valence-electron chi connectivity index (χ1n) is 7.45. The quantitative estimate of drug-likeness (QED) is 0.607. The number of amides is 1. The summed E-state index contributed by atoms with van der Waals surface area (Å²) in [4.78, 5) is 43.6. The second-order valence-corrected chi connectivity index (χ2v) is 5.91. The van der Waals surface area contributed by atoms with Crippen molar-refractivity contribution >= 4 is 28.7 Å². The van der Waals surface area contributed by atoms with Gasteiger partial charge in [-0.1, -0.05) is 12.1 Å². The Balaban J connectivity index is 2.17. The van der Waals surface area contributed by atoms with Crippen LogP contribution in [0.15, 0.2) is 36.4 Å². The number of rotatable bonds is 4. The molecule has 1 heterocycles. The second-order valence-electron chi connectivity index (χ2n) is 5.91. The number of fused-ring (bicyclic) bond motifs is 1. The van der Waals surface area contributed by atoms with Gasteiger partial charge in [-0.2, -0.15) is 0 Å². The molecule has 27 heavy (non-hydrogen) atoms. The van der Waals surface area contributed by atoms with Crippen molar-refractivity contribution in [1.29, 1.82) is 0 Å². The predicted molar refractivity (Wildman–Crippen MR) is 91.3 cm³/mol. The van der Waals surface area contributed by atoms with Crippen LogP contribution in [0.1, 0.15) is 22.8 Å². The Kier molecular flexibility index (Phi) is 3.95. The third kappa shape index (κ3) is 2.99. The molecule has 3 rings (SSSR count). The molecule has 0 saturated heterocycles. The van der Waals surface area contributed by atoms with E-state index in [4.69, 9.17) is 0 Å². The molecule has 1 atom stereocenters.